The third kappa shape index (κ3) is 4.04. The molecule has 1 aromatic heterocycles. The number of halogens is 2. The molecular formula is C22H23ClFN3O. The standard InChI is InChI=1S/C22H23ClFN3O/c23-20-14-18(22(28)27-10-2-1-3-11-27)15-25-21(20)26-12-8-17(9-13-26)16-4-6-19(24)7-5-16/h4-8,14-15H,1-3,9-13H2. The van der Waals surface area contributed by atoms with E-state index in [2.05, 4.69) is 16.0 Å². The molecule has 1 amide bonds. The Morgan fingerprint density at radius 3 is 2.46 bits per heavy atom. The molecule has 28 heavy (non-hydrogen) atoms. The van der Waals surface area contributed by atoms with E-state index in [0.717, 1.165) is 44.5 Å². The number of rotatable bonds is 3. The van der Waals surface area contributed by atoms with Crippen LogP contribution in [0.5, 0.6) is 0 Å². The number of likely N-dealkylation sites (tertiary alicyclic amines) is 1. The Labute approximate surface area is 169 Å². The minimum atomic E-state index is -0.225. The Morgan fingerprint density at radius 1 is 1.07 bits per heavy atom. The van der Waals surface area contributed by atoms with Gasteiger partial charge in [-0.2, -0.15) is 0 Å². The molecule has 0 N–H and O–H groups in total. The van der Waals surface area contributed by atoms with Crippen molar-refractivity contribution in [2.24, 2.45) is 0 Å². The zero-order chi connectivity index (χ0) is 19.5. The molecule has 0 radical (unpaired) electrons. The van der Waals surface area contributed by atoms with Gasteiger partial charge in [-0.05, 0) is 55.0 Å². The Balaban J connectivity index is 1.46. The number of hydrogen-bond acceptors (Lipinski definition) is 3. The van der Waals surface area contributed by atoms with Crippen molar-refractivity contribution in [1.82, 2.24) is 9.88 Å². The van der Waals surface area contributed by atoms with Crippen LogP contribution < -0.4 is 4.90 Å². The summed E-state index contributed by atoms with van der Waals surface area (Å²) >= 11 is 6.48. The predicted octanol–water partition coefficient (Wildman–Crippen LogP) is 4.79. The highest BCUT2D eigenvalue weighted by atomic mass is 35.5. The van der Waals surface area contributed by atoms with Crippen molar-refractivity contribution in [2.75, 3.05) is 31.1 Å². The number of pyridine rings is 1. The molecule has 0 spiro atoms. The Hall–Kier alpha value is -2.40. The molecule has 146 valence electrons. The largest absolute Gasteiger partial charge is 0.351 e. The average Bonchev–Trinajstić information content (AvgIpc) is 2.74. The average molecular weight is 400 g/mol. The molecule has 6 heteroatoms. The minimum Gasteiger partial charge on any atom is -0.351 e. The highest BCUT2D eigenvalue weighted by Gasteiger charge is 2.22. The second kappa shape index (κ2) is 8.31. The van der Waals surface area contributed by atoms with Crippen LogP contribution in [0.25, 0.3) is 5.57 Å². The molecule has 0 bridgehead atoms. The van der Waals surface area contributed by atoms with Crippen molar-refractivity contribution in [1.29, 1.82) is 0 Å². The predicted molar refractivity (Wildman–Crippen MR) is 110 cm³/mol. The number of anilines is 1. The lowest BCUT2D eigenvalue weighted by molar-refractivity contribution is 0.0724. The summed E-state index contributed by atoms with van der Waals surface area (Å²) < 4.78 is 13.1. The van der Waals surface area contributed by atoms with E-state index in [1.165, 1.54) is 24.1 Å². The van der Waals surface area contributed by atoms with Crippen LogP contribution in [-0.2, 0) is 0 Å². The van der Waals surface area contributed by atoms with E-state index in [0.29, 0.717) is 22.9 Å². The van der Waals surface area contributed by atoms with Crippen molar-refractivity contribution < 1.29 is 9.18 Å². The molecule has 1 fully saturated rings. The SMILES string of the molecule is O=C(c1cnc(N2CC=C(c3ccc(F)cc3)CC2)c(Cl)c1)N1CCCCC1. The van der Waals surface area contributed by atoms with Crippen LogP contribution in [0, 0.1) is 5.82 Å². The fraction of sp³-hybridized carbons (Fsp3) is 0.364. The first-order chi connectivity index (χ1) is 13.6. The molecular weight excluding hydrogens is 377 g/mol. The summed E-state index contributed by atoms with van der Waals surface area (Å²) in [4.78, 5) is 21.1. The number of amides is 1. The molecule has 2 aliphatic heterocycles. The lowest BCUT2D eigenvalue weighted by atomic mass is 9.99. The summed E-state index contributed by atoms with van der Waals surface area (Å²) in [5.74, 6) is 0.487. The number of aromatic nitrogens is 1. The van der Waals surface area contributed by atoms with Gasteiger partial charge in [0.1, 0.15) is 11.6 Å². The maximum absolute atomic E-state index is 13.1. The number of benzene rings is 1. The van der Waals surface area contributed by atoms with E-state index in [1.54, 1.807) is 12.3 Å². The molecule has 1 saturated heterocycles. The maximum Gasteiger partial charge on any atom is 0.255 e. The minimum absolute atomic E-state index is 0.0118. The summed E-state index contributed by atoms with van der Waals surface area (Å²) in [6.07, 6.45) is 7.89. The van der Waals surface area contributed by atoms with Gasteiger partial charge in [0.15, 0.2) is 0 Å². The van der Waals surface area contributed by atoms with Crippen LogP contribution in [0.4, 0.5) is 10.2 Å². The molecule has 4 rings (SSSR count). The molecule has 3 heterocycles. The summed E-state index contributed by atoms with van der Waals surface area (Å²) in [5, 5.41) is 0.501. The van der Waals surface area contributed by atoms with Crippen LogP contribution >= 0.6 is 11.6 Å². The van der Waals surface area contributed by atoms with Gasteiger partial charge in [-0.25, -0.2) is 9.37 Å². The smallest absolute Gasteiger partial charge is 0.255 e. The molecule has 4 nitrogen and oxygen atoms in total. The monoisotopic (exact) mass is 399 g/mol. The number of nitrogens with zero attached hydrogens (tertiary/aromatic N) is 3. The number of carbonyl (C=O) groups is 1. The van der Waals surface area contributed by atoms with E-state index in [1.807, 2.05) is 17.0 Å². The number of carbonyl (C=O) groups excluding carboxylic acids is 1. The Morgan fingerprint density at radius 2 is 1.82 bits per heavy atom. The van der Waals surface area contributed by atoms with Gasteiger partial charge < -0.3 is 9.80 Å². The molecule has 0 saturated carbocycles. The normalized spacial score (nSPS) is 17.4. The zero-order valence-electron chi connectivity index (χ0n) is 15.7. The second-order valence-electron chi connectivity index (χ2n) is 7.31. The summed E-state index contributed by atoms with van der Waals surface area (Å²) in [7, 11) is 0. The van der Waals surface area contributed by atoms with E-state index in [9.17, 15) is 9.18 Å². The third-order valence-corrected chi connectivity index (χ3v) is 5.71. The van der Waals surface area contributed by atoms with E-state index < -0.39 is 0 Å². The number of piperidine rings is 1. The van der Waals surface area contributed by atoms with Crippen LogP contribution in [0.2, 0.25) is 5.02 Å². The highest BCUT2D eigenvalue weighted by molar-refractivity contribution is 6.33. The fourth-order valence-corrected chi connectivity index (χ4v) is 4.13. The first-order valence-electron chi connectivity index (χ1n) is 9.76. The van der Waals surface area contributed by atoms with Gasteiger partial charge in [0.05, 0.1) is 10.6 Å². The van der Waals surface area contributed by atoms with Gasteiger partial charge in [-0.3, -0.25) is 4.79 Å². The third-order valence-electron chi connectivity index (χ3n) is 5.44. The van der Waals surface area contributed by atoms with Crippen molar-refractivity contribution in [2.45, 2.75) is 25.7 Å². The van der Waals surface area contributed by atoms with Crippen molar-refractivity contribution in [3.05, 3.63) is 64.6 Å². The van der Waals surface area contributed by atoms with Crippen molar-refractivity contribution >= 4 is 28.9 Å². The summed E-state index contributed by atoms with van der Waals surface area (Å²) in [5.41, 5.74) is 2.79. The lowest BCUT2D eigenvalue weighted by Gasteiger charge is -2.29. The first-order valence-corrected chi connectivity index (χ1v) is 10.1. The molecule has 2 aliphatic rings. The summed E-state index contributed by atoms with van der Waals surface area (Å²) in [6.45, 7) is 3.07. The van der Waals surface area contributed by atoms with Gasteiger partial charge in [-0.1, -0.05) is 29.8 Å². The van der Waals surface area contributed by atoms with Crippen LogP contribution in [0.1, 0.15) is 41.6 Å². The van der Waals surface area contributed by atoms with Gasteiger partial charge >= 0.3 is 0 Å². The van der Waals surface area contributed by atoms with E-state index in [-0.39, 0.29) is 11.7 Å². The van der Waals surface area contributed by atoms with Gasteiger partial charge in [0.25, 0.3) is 5.91 Å². The second-order valence-corrected chi connectivity index (χ2v) is 7.72. The molecule has 2 aromatic rings. The van der Waals surface area contributed by atoms with Gasteiger partial charge in [0, 0.05) is 32.4 Å². The van der Waals surface area contributed by atoms with Crippen molar-refractivity contribution in [3.8, 4) is 0 Å². The van der Waals surface area contributed by atoms with E-state index >= 15 is 0 Å². The fourth-order valence-electron chi connectivity index (χ4n) is 3.85. The van der Waals surface area contributed by atoms with Crippen LogP contribution in [-0.4, -0.2) is 42.0 Å². The number of hydrogen-bond donors (Lipinski definition) is 0. The lowest BCUT2D eigenvalue weighted by Crippen LogP contribution is -2.35. The quantitative estimate of drug-likeness (QED) is 0.744. The Bertz CT molecular complexity index is 891. The van der Waals surface area contributed by atoms with E-state index in [4.69, 9.17) is 11.6 Å². The van der Waals surface area contributed by atoms with Crippen molar-refractivity contribution in [3.63, 3.8) is 0 Å². The topological polar surface area (TPSA) is 36.4 Å². The Kier molecular flexibility index (Phi) is 5.62. The molecule has 1 aromatic carbocycles. The molecule has 0 aliphatic carbocycles. The van der Waals surface area contributed by atoms with Gasteiger partial charge in [0.2, 0.25) is 0 Å². The zero-order valence-corrected chi connectivity index (χ0v) is 16.5. The molecule has 0 atom stereocenters. The highest BCUT2D eigenvalue weighted by Crippen LogP contribution is 2.30. The first kappa shape index (κ1) is 18.9. The maximum atomic E-state index is 13.1. The van der Waals surface area contributed by atoms with Crippen LogP contribution in [0.3, 0.4) is 0 Å². The molecule has 0 unspecified atom stereocenters. The van der Waals surface area contributed by atoms with Crippen LogP contribution in [0.15, 0.2) is 42.6 Å². The summed E-state index contributed by atoms with van der Waals surface area (Å²) in [6, 6.07) is 8.32. The van der Waals surface area contributed by atoms with Gasteiger partial charge in [-0.15, -0.1) is 0 Å².